The van der Waals surface area contributed by atoms with Crippen LogP contribution in [0.2, 0.25) is 0 Å². The van der Waals surface area contributed by atoms with Crippen molar-refractivity contribution in [1.82, 2.24) is 20.1 Å². The van der Waals surface area contributed by atoms with Crippen molar-refractivity contribution in [1.29, 1.82) is 0 Å². The largest absolute Gasteiger partial charge is 0.306 e. The first-order valence-corrected chi connectivity index (χ1v) is 7.38. The fourth-order valence-corrected chi connectivity index (χ4v) is 3.14. The Bertz CT molecular complexity index is 662. The van der Waals surface area contributed by atoms with Crippen LogP contribution in [0.4, 0.5) is 9.52 Å². The molecule has 1 amide bonds. The third kappa shape index (κ3) is 3.22. The molecule has 0 saturated carbocycles. The molecular formula is C13H14FN5OS. The number of hydrogen-bond donors (Lipinski definition) is 1. The smallest absolute Gasteiger partial charge is 0.276 e. The zero-order chi connectivity index (χ0) is 14.8. The van der Waals surface area contributed by atoms with Gasteiger partial charge in [0.2, 0.25) is 5.13 Å². The van der Waals surface area contributed by atoms with Gasteiger partial charge in [0.25, 0.3) is 5.91 Å². The van der Waals surface area contributed by atoms with E-state index in [2.05, 4.69) is 32.4 Å². The van der Waals surface area contributed by atoms with Crippen LogP contribution in [0.1, 0.15) is 27.8 Å². The Morgan fingerprint density at radius 2 is 2.38 bits per heavy atom. The maximum Gasteiger partial charge on any atom is 0.276 e. The second-order valence-corrected chi connectivity index (χ2v) is 6.02. The highest BCUT2D eigenvalue weighted by molar-refractivity contribution is 7.15. The lowest BCUT2D eigenvalue weighted by molar-refractivity contribution is 0.102. The number of hydrogen-bond acceptors (Lipinski definition) is 6. The summed E-state index contributed by atoms with van der Waals surface area (Å²) in [6, 6.07) is 2.28. The number of pyridine rings is 1. The quantitative estimate of drug-likeness (QED) is 0.935. The van der Waals surface area contributed by atoms with Crippen molar-refractivity contribution < 1.29 is 9.18 Å². The summed E-state index contributed by atoms with van der Waals surface area (Å²) >= 11 is 1.36. The van der Waals surface area contributed by atoms with E-state index in [-0.39, 0.29) is 5.69 Å². The lowest BCUT2D eigenvalue weighted by Crippen LogP contribution is -2.13. The number of nitrogens with one attached hydrogen (secondary N) is 1. The van der Waals surface area contributed by atoms with Crippen LogP contribution in [0.5, 0.6) is 0 Å². The number of likely N-dealkylation sites (tertiary alicyclic amines) is 1. The van der Waals surface area contributed by atoms with E-state index in [0.717, 1.165) is 30.6 Å². The van der Waals surface area contributed by atoms with Crippen LogP contribution in [0.3, 0.4) is 0 Å². The molecule has 1 atom stereocenters. The number of carbonyl (C=O) groups is 1. The number of aromatic nitrogens is 3. The monoisotopic (exact) mass is 307 g/mol. The predicted molar refractivity (Wildman–Crippen MR) is 76.9 cm³/mol. The minimum atomic E-state index is -0.498. The van der Waals surface area contributed by atoms with E-state index in [4.69, 9.17) is 0 Å². The number of amides is 1. The van der Waals surface area contributed by atoms with Gasteiger partial charge in [0, 0.05) is 24.7 Å². The Balaban J connectivity index is 1.68. The van der Waals surface area contributed by atoms with E-state index < -0.39 is 11.7 Å². The van der Waals surface area contributed by atoms with Crippen LogP contribution >= 0.6 is 11.3 Å². The molecule has 1 unspecified atom stereocenters. The Morgan fingerprint density at radius 1 is 1.52 bits per heavy atom. The van der Waals surface area contributed by atoms with Crippen LogP contribution in [0, 0.1) is 5.82 Å². The first-order chi connectivity index (χ1) is 10.1. The van der Waals surface area contributed by atoms with Crippen LogP contribution in [0.15, 0.2) is 18.3 Å². The van der Waals surface area contributed by atoms with Gasteiger partial charge < -0.3 is 4.90 Å². The summed E-state index contributed by atoms with van der Waals surface area (Å²) in [4.78, 5) is 18.0. The molecule has 3 heterocycles. The van der Waals surface area contributed by atoms with Gasteiger partial charge in [0.1, 0.15) is 16.5 Å². The van der Waals surface area contributed by atoms with Crippen LogP contribution in [-0.4, -0.2) is 46.1 Å². The fourth-order valence-electron chi connectivity index (χ4n) is 2.28. The molecule has 8 heteroatoms. The Labute approximate surface area is 125 Å². The summed E-state index contributed by atoms with van der Waals surface area (Å²) in [5.41, 5.74) is 0.0207. The molecule has 0 radical (unpaired) electrons. The van der Waals surface area contributed by atoms with Crippen molar-refractivity contribution in [2.45, 2.75) is 12.3 Å². The van der Waals surface area contributed by atoms with Crippen molar-refractivity contribution in [3.63, 3.8) is 0 Å². The number of nitrogens with zero attached hydrogens (tertiary/aromatic N) is 4. The number of carbonyl (C=O) groups excluding carboxylic acids is 1. The van der Waals surface area contributed by atoms with Crippen LogP contribution in [-0.2, 0) is 0 Å². The second kappa shape index (κ2) is 5.82. The third-order valence-electron chi connectivity index (χ3n) is 3.36. The van der Waals surface area contributed by atoms with E-state index in [0.29, 0.717) is 11.0 Å². The molecule has 0 aliphatic carbocycles. The van der Waals surface area contributed by atoms with Gasteiger partial charge >= 0.3 is 0 Å². The highest BCUT2D eigenvalue weighted by atomic mass is 32.1. The molecule has 1 N–H and O–H groups in total. The fraction of sp³-hybridized carbons (Fsp3) is 0.385. The van der Waals surface area contributed by atoms with Gasteiger partial charge in [-0.1, -0.05) is 11.3 Å². The zero-order valence-electron chi connectivity index (χ0n) is 11.4. The molecule has 21 heavy (non-hydrogen) atoms. The summed E-state index contributed by atoms with van der Waals surface area (Å²) in [6.07, 6.45) is 2.30. The third-order valence-corrected chi connectivity index (χ3v) is 4.36. The summed E-state index contributed by atoms with van der Waals surface area (Å²) < 4.78 is 13.1. The molecular weight excluding hydrogens is 293 g/mol. The minimum Gasteiger partial charge on any atom is -0.306 e. The zero-order valence-corrected chi connectivity index (χ0v) is 12.2. The topological polar surface area (TPSA) is 71.0 Å². The Morgan fingerprint density at radius 3 is 3.10 bits per heavy atom. The molecule has 1 aliphatic rings. The van der Waals surface area contributed by atoms with E-state index in [1.807, 2.05) is 0 Å². The molecule has 0 bridgehead atoms. The lowest BCUT2D eigenvalue weighted by Gasteiger charge is -2.05. The van der Waals surface area contributed by atoms with E-state index >= 15 is 0 Å². The van der Waals surface area contributed by atoms with Gasteiger partial charge in [-0.25, -0.2) is 4.39 Å². The lowest BCUT2D eigenvalue weighted by atomic mass is 10.1. The van der Waals surface area contributed by atoms with Gasteiger partial charge in [-0.2, -0.15) is 0 Å². The number of halogens is 1. The van der Waals surface area contributed by atoms with Gasteiger partial charge in [0.15, 0.2) is 0 Å². The van der Waals surface area contributed by atoms with Crippen LogP contribution < -0.4 is 5.32 Å². The number of anilines is 1. The van der Waals surface area contributed by atoms with Crippen molar-refractivity contribution in [2.75, 3.05) is 25.5 Å². The molecule has 1 aliphatic heterocycles. The number of likely N-dealkylation sites (N-methyl/N-ethyl adjacent to an activating group) is 1. The molecule has 6 nitrogen and oxygen atoms in total. The summed E-state index contributed by atoms with van der Waals surface area (Å²) in [5, 5.41) is 12.0. The van der Waals surface area contributed by atoms with Crippen molar-refractivity contribution in [3.05, 3.63) is 34.8 Å². The summed E-state index contributed by atoms with van der Waals surface area (Å²) in [5.74, 6) is -0.617. The van der Waals surface area contributed by atoms with Gasteiger partial charge in [0.05, 0.1) is 0 Å². The first-order valence-electron chi connectivity index (χ1n) is 6.56. The first kappa shape index (κ1) is 14.0. The van der Waals surface area contributed by atoms with E-state index in [9.17, 15) is 9.18 Å². The molecule has 1 fully saturated rings. The predicted octanol–water partition coefficient (Wildman–Crippen LogP) is 1.74. The maximum absolute atomic E-state index is 13.1. The molecule has 3 rings (SSSR count). The minimum absolute atomic E-state index is 0.0207. The molecule has 110 valence electrons. The number of rotatable bonds is 3. The van der Waals surface area contributed by atoms with E-state index in [1.54, 1.807) is 0 Å². The standard InChI is InChI=1S/C13H14FN5OS/c1-19-5-3-8(7-19)12-17-18-13(21-12)16-11(20)10-6-9(14)2-4-15-10/h2,4,6,8H,3,5,7H2,1H3,(H,16,18,20). The van der Waals surface area contributed by atoms with Crippen molar-refractivity contribution in [2.24, 2.45) is 0 Å². The molecule has 2 aromatic heterocycles. The highest BCUT2D eigenvalue weighted by Crippen LogP contribution is 2.30. The maximum atomic E-state index is 13.1. The Kier molecular flexibility index (Phi) is 3.89. The van der Waals surface area contributed by atoms with Crippen molar-refractivity contribution in [3.8, 4) is 0 Å². The molecule has 1 saturated heterocycles. The molecule has 0 aromatic carbocycles. The second-order valence-electron chi connectivity index (χ2n) is 5.01. The van der Waals surface area contributed by atoms with Gasteiger partial charge in [-0.15, -0.1) is 10.2 Å². The Hall–Kier alpha value is -1.93. The average molecular weight is 307 g/mol. The normalized spacial score (nSPS) is 18.9. The average Bonchev–Trinajstić information content (AvgIpc) is 3.07. The van der Waals surface area contributed by atoms with Crippen molar-refractivity contribution >= 4 is 22.4 Å². The van der Waals surface area contributed by atoms with E-state index in [1.165, 1.54) is 23.6 Å². The van der Waals surface area contributed by atoms with Gasteiger partial charge in [-0.3, -0.25) is 15.1 Å². The molecule has 2 aromatic rings. The molecule has 0 spiro atoms. The SMILES string of the molecule is CN1CCC(c2nnc(NC(=O)c3cc(F)ccn3)s2)C1. The van der Waals surface area contributed by atoms with Gasteiger partial charge in [-0.05, 0) is 26.1 Å². The summed E-state index contributed by atoms with van der Waals surface area (Å²) in [7, 11) is 2.07. The highest BCUT2D eigenvalue weighted by Gasteiger charge is 2.25. The summed E-state index contributed by atoms with van der Waals surface area (Å²) in [6.45, 7) is 1.99. The van der Waals surface area contributed by atoms with Crippen LogP contribution in [0.25, 0.3) is 0 Å².